The molecule has 1 aliphatic rings. The summed E-state index contributed by atoms with van der Waals surface area (Å²) in [6, 6.07) is 17.4. The molecule has 0 bridgehead atoms. The number of anilines is 1. The van der Waals surface area contributed by atoms with Gasteiger partial charge in [0.1, 0.15) is 17.3 Å². The van der Waals surface area contributed by atoms with Crippen LogP contribution in [0.4, 0.5) is 9.52 Å². The molecule has 12 heteroatoms. The third-order valence-electron chi connectivity index (χ3n) is 7.59. The van der Waals surface area contributed by atoms with Gasteiger partial charge in [-0.2, -0.15) is 0 Å². The van der Waals surface area contributed by atoms with E-state index in [1.54, 1.807) is 60.7 Å². The maximum atomic E-state index is 14.2. The Morgan fingerprint density at radius 2 is 1.65 bits per heavy atom. The van der Waals surface area contributed by atoms with Crippen LogP contribution in [-0.4, -0.2) is 46.8 Å². The Labute approximate surface area is 287 Å². The van der Waals surface area contributed by atoms with Crippen LogP contribution in [0, 0.1) is 5.82 Å². The summed E-state index contributed by atoms with van der Waals surface area (Å²) in [7, 11) is 0. The summed E-state index contributed by atoms with van der Waals surface area (Å²) in [6.45, 7) is 7.43. The summed E-state index contributed by atoms with van der Waals surface area (Å²) in [5, 5.41) is 20.3. The number of ketones is 1. The Balaban J connectivity index is 1.54. The first-order chi connectivity index (χ1) is 23.4. The van der Waals surface area contributed by atoms with E-state index in [1.807, 2.05) is 6.92 Å². The molecule has 48 heavy (non-hydrogen) atoms. The standard InChI is InChI=1S/C36H38FN3O6S2/c1-4-7-19-45-26-16-13-23(14-17-26)32(41)30-31(24-15-18-28(46-20-8-5-2)29(21-24)44-6-3)40(34(43)33(30)42)35-38-39-36(48-35)47-22-25-11-9-10-12-27(25)37/h9-18,21,31,41H,4-8,19-20,22H2,1-3H3/b32-30-. The Kier molecular flexibility index (Phi) is 12.1. The van der Waals surface area contributed by atoms with Crippen molar-refractivity contribution in [3.8, 4) is 17.2 Å². The number of rotatable bonds is 16. The quantitative estimate of drug-likeness (QED) is 0.0310. The molecular formula is C36H38FN3O6S2. The van der Waals surface area contributed by atoms with Crippen LogP contribution in [0.2, 0.25) is 0 Å². The minimum Gasteiger partial charge on any atom is -0.507 e. The number of aliphatic hydroxyl groups excluding tert-OH is 1. The molecular weight excluding hydrogens is 654 g/mol. The molecule has 1 saturated heterocycles. The monoisotopic (exact) mass is 691 g/mol. The van der Waals surface area contributed by atoms with Crippen LogP contribution in [0.15, 0.2) is 76.6 Å². The highest BCUT2D eigenvalue weighted by Gasteiger charge is 2.48. The molecule has 1 aliphatic heterocycles. The number of aromatic nitrogens is 2. The zero-order chi connectivity index (χ0) is 34.0. The van der Waals surface area contributed by atoms with Crippen LogP contribution >= 0.6 is 23.1 Å². The van der Waals surface area contributed by atoms with Crippen LogP contribution in [-0.2, 0) is 15.3 Å². The number of ether oxygens (including phenoxy) is 3. The minimum atomic E-state index is -1.05. The number of aliphatic hydroxyl groups is 1. The van der Waals surface area contributed by atoms with Crippen molar-refractivity contribution in [1.29, 1.82) is 0 Å². The van der Waals surface area contributed by atoms with E-state index in [4.69, 9.17) is 14.2 Å². The SMILES string of the molecule is CCCCOc1ccc(/C(O)=C2/C(=O)C(=O)N(c3nnc(SCc4ccccc4F)s3)C2c2ccc(OCCCC)c(OCC)c2)cc1. The molecule has 3 aromatic carbocycles. The fourth-order valence-corrected chi connectivity index (χ4v) is 6.92. The molecule has 0 saturated carbocycles. The number of hydrogen-bond acceptors (Lipinski definition) is 10. The molecule has 0 radical (unpaired) electrons. The highest BCUT2D eigenvalue weighted by atomic mass is 32.2. The van der Waals surface area contributed by atoms with Crippen LogP contribution in [0.5, 0.6) is 17.2 Å². The highest BCUT2D eigenvalue weighted by molar-refractivity contribution is 8.00. The van der Waals surface area contributed by atoms with E-state index in [0.717, 1.165) is 37.0 Å². The number of amides is 1. The predicted octanol–water partition coefficient (Wildman–Crippen LogP) is 8.35. The van der Waals surface area contributed by atoms with Crippen molar-refractivity contribution in [2.45, 2.75) is 62.6 Å². The van der Waals surface area contributed by atoms with Crippen molar-refractivity contribution in [2.75, 3.05) is 24.7 Å². The van der Waals surface area contributed by atoms with Gasteiger partial charge in [-0.1, -0.05) is 74.1 Å². The molecule has 1 amide bonds. The Hall–Kier alpha value is -4.42. The van der Waals surface area contributed by atoms with Crippen molar-refractivity contribution in [3.63, 3.8) is 0 Å². The number of thioether (sulfide) groups is 1. The summed E-state index contributed by atoms with van der Waals surface area (Å²) in [5.41, 5.74) is 1.27. The average Bonchev–Trinajstić information content (AvgIpc) is 3.66. The van der Waals surface area contributed by atoms with Gasteiger partial charge in [0.15, 0.2) is 15.8 Å². The maximum Gasteiger partial charge on any atom is 0.301 e. The largest absolute Gasteiger partial charge is 0.507 e. The van der Waals surface area contributed by atoms with Gasteiger partial charge in [-0.25, -0.2) is 4.39 Å². The van der Waals surface area contributed by atoms with Gasteiger partial charge in [-0.3, -0.25) is 14.5 Å². The lowest BCUT2D eigenvalue weighted by molar-refractivity contribution is -0.132. The number of unbranched alkanes of at least 4 members (excludes halogenated alkanes) is 2. The van der Waals surface area contributed by atoms with Gasteiger partial charge in [-0.05, 0) is 73.4 Å². The van der Waals surface area contributed by atoms with Crippen LogP contribution in [0.3, 0.4) is 0 Å². The van der Waals surface area contributed by atoms with Gasteiger partial charge in [0.05, 0.1) is 31.4 Å². The zero-order valence-corrected chi connectivity index (χ0v) is 28.7. The summed E-state index contributed by atoms with van der Waals surface area (Å²) in [6.07, 6.45) is 3.73. The highest BCUT2D eigenvalue weighted by Crippen LogP contribution is 2.46. The van der Waals surface area contributed by atoms with Gasteiger partial charge < -0.3 is 19.3 Å². The van der Waals surface area contributed by atoms with E-state index in [-0.39, 0.29) is 22.3 Å². The summed E-state index contributed by atoms with van der Waals surface area (Å²) in [4.78, 5) is 28.8. The summed E-state index contributed by atoms with van der Waals surface area (Å²) >= 11 is 2.38. The summed E-state index contributed by atoms with van der Waals surface area (Å²) in [5.74, 6) is -0.461. The number of halogens is 1. The smallest absolute Gasteiger partial charge is 0.301 e. The molecule has 4 aromatic rings. The fourth-order valence-electron chi connectivity index (χ4n) is 5.07. The molecule has 2 heterocycles. The normalized spacial score (nSPS) is 15.6. The number of benzene rings is 3. The predicted molar refractivity (Wildman–Crippen MR) is 186 cm³/mol. The zero-order valence-electron chi connectivity index (χ0n) is 27.1. The Morgan fingerprint density at radius 3 is 2.35 bits per heavy atom. The lowest BCUT2D eigenvalue weighted by atomic mass is 9.95. The number of carbonyl (C=O) groups excluding carboxylic acids is 2. The van der Waals surface area contributed by atoms with Crippen LogP contribution < -0.4 is 19.1 Å². The van der Waals surface area contributed by atoms with Gasteiger partial charge in [0.2, 0.25) is 5.13 Å². The molecule has 0 aliphatic carbocycles. The molecule has 0 spiro atoms. The van der Waals surface area contributed by atoms with Gasteiger partial charge >= 0.3 is 5.91 Å². The van der Waals surface area contributed by atoms with Crippen molar-refractivity contribution >= 4 is 45.7 Å². The van der Waals surface area contributed by atoms with Crippen molar-refractivity contribution in [2.24, 2.45) is 0 Å². The first kappa shape index (κ1) is 34.9. The van der Waals surface area contributed by atoms with E-state index < -0.39 is 17.7 Å². The van der Waals surface area contributed by atoms with Gasteiger partial charge in [-0.15, -0.1) is 10.2 Å². The number of Topliss-reactive ketones (excluding diaryl/α,β-unsaturated/α-hetero) is 1. The molecule has 1 N–H and O–H groups in total. The number of carbonyl (C=O) groups is 2. The topological polar surface area (TPSA) is 111 Å². The fraction of sp³-hybridized carbons (Fsp3) is 0.333. The maximum absolute atomic E-state index is 14.2. The molecule has 1 aromatic heterocycles. The second kappa shape index (κ2) is 16.6. The Morgan fingerprint density at radius 1 is 0.917 bits per heavy atom. The molecule has 252 valence electrons. The molecule has 5 rings (SSSR count). The van der Waals surface area contributed by atoms with E-state index in [1.165, 1.54) is 22.7 Å². The van der Waals surface area contributed by atoms with E-state index >= 15 is 0 Å². The molecule has 1 fully saturated rings. The van der Waals surface area contributed by atoms with Crippen LogP contribution in [0.1, 0.15) is 69.2 Å². The third kappa shape index (κ3) is 7.99. The molecule has 1 atom stereocenters. The summed E-state index contributed by atoms with van der Waals surface area (Å²) < 4.78 is 32.4. The van der Waals surface area contributed by atoms with Crippen molar-refractivity contribution in [3.05, 3.63) is 94.8 Å². The van der Waals surface area contributed by atoms with Crippen molar-refractivity contribution < 1.29 is 33.3 Å². The lowest BCUT2D eigenvalue weighted by Crippen LogP contribution is -2.29. The first-order valence-electron chi connectivity index (χ1n) is 16.0. The van der Waals surface area contributed by atoms with E-state index in [2.05, 4.69) is 24.0 Å². The van der Waals surface area contributed by atoms with E-state index in [9.17, 15) is 19.1 Å². The lowest BCUT2D eigenvalue weighted by Gasteiger charge is -2.23. The van der Waals surface area contributed by atoms with Crippen LogP contribution in [0.25, 0.3) is 5.76 Å². The van der Waals surface area contributed by atoms with E-state index in [0.29, 0.717) is 63.9 Å². The average molecular weight is 692 g/mol. The third-order valence-corrected chi connectivity index (χ3v) is 9.69. The molecule has 1 unspecified atom stereocenters. The van der Waals surface area contributed by atoms with Gasteiger partial charge in [0, 0.05) is 11.3 Å². The number of nitrogens with zero attached hydrogens (tertiary/aromatic N) is 3. The second-order valence-electron chi connectivity index (χ2n) is 11.0. The Bertz CT molecular complexity index is 1760. The minimum absolute atomic E-state index is 0.0995. The first-order valence-corrected chi connectivity index (χ1v) is 17.8. The van der Waals surface area contributed by atoms with Crippen molar-refractivity contribution in [1.82, 2.24) is 10.2 Å². The second-order valence-corrected chi connectivity index (χ2v) is 13.1. The number of hydrogen-bond donors (Lipinski definition) is 1. The molecule has 9 nitrogen and oxygen atoms in total. The van der Waals surface area contributed by atoms with Gasteiger partial charge in [0.25, 0.3) is 5.78 Å².